The number of hydrogen-bond donors (Lipinski definition) is 1. The number of hydrogen-bond acceptors (Lipinski definition) is 6. The van der Waals surface area contributed by atoms with Gasteiger partial charge in [0.2, 0.25) is 6.54 Å². The SMILES string of the molecule is C[C@H](NC1(C[N+](=O)[O-])COC1)C(=O)OCc1ccccc1. The van der Waals surface area contributed by atoms with Crippen molar-refractivity contribution in [3.63, 3.8) is 0 Å². The van der Waals surface area contributed by atoms with E-state index in [2.05, 4.69) is 5.32 Å². The second-order valence-electron chi connectivity index (χ2n) is 5.22. The second-order valence-corrected chi connectivity index (χ2v) is 5.22. The van der Waals surface area contributed by atoms with Gasteiger partial charge in [0, 0.05) is 4.92 Å². The third-order valence-corrected chi connectivity index (χ3v) is 3.29. The molecule has 0 radical (unpaired) electrons. The van der Waals surface area contributed by atoms with Gasteiger partial charge >= 0.3 is 5.97 Å². The quantitative estimate of drug-likeness (QED) is 0.453. The Labute approximate surface area is 122 Å². The molecule has 1 atom stereocenters. The first-order valence-corrected chi connectivity index (χ1v) is 6.69. The van der Waals surface area contributed by atoms with E-state index < -0.39 is 22.5 Å². The van der Waals surface area contributed by atoms with Crippen LogP contribution in [0.2, 0.25) is 0 Å². The van der Waals surface area contributed by atoms with Crippen molar-refractivity contribution >= 4 is 5.97 Å². The highest BCUT2D eigenvalue weighted by atomic mass is 16.6. The standard InChI is InChI=1S/C14H18N2O5/c1-11(15-14(8-16(18)19)9-20-10-14)13(17)21-7-12-5-3-2-4-6-12/h2-6,11,15H,7-10H2,1H3/t11-/m0/s1. The van der Waals surface area contributed by atoms with Gasteiger partial charge in [-0.1, -0.05) is 30.3 Å². The molecule has 21 heavy (non-hydrogen) atoms. The van der Waals surface area contributed by atoms with E-state index in [1.54, 1.807) is 6.92 Å². The van der Waals surface area contributed by atoms with Crippen molar-refractivity contribution in [1.29, 1.82) is 0 Å². The number of nitrogens with zero attached hydrogens (tertiary/aromatic N) is 1. The predicted octanol–water partition coefficient (Wildman–Crippen LogP) is 0.754. The Morgan fingerprint density at radius 3 is 2.67 bits per heavy atom. The molecule has 1 saturated heterocycles. The summed E-state index contributed by atoms with van der Waals surface area (Å²) in [5, 5.41) is 13.6. The number of esters is 1. The van der Waals surface area contributed by atoms with Crippen LogP contribution in [0, 0.1) is 10.1 Å². The van der Waals surface area contributed by atoms with E-state index in [0.29, 0.717) is 0 Å². The Bertz CT molecular complexity index is 501. The maximum Gasteiger partial charge on any atom is 0.323 e. The molecule has 0 aliphatic carbocycles. The van der Waals surface area contributed by atoms with Gasteiger partial charge in [-0.15, -0.1) is 0 Å². The summed E-state index contributed by atoms with van der Waals surface area (Å²) in [4.78, 5) is 22.2. The van der Waals surface area contributed by atoms with Gasteiger partial charge in [-0.3, -0.25) is 20.2 Å². The highest BCUT2D eigenvalue weighted by Gasteiger charge is 2.45. The average molecular weight is 294 g/mol. The third kappa shape index (κ3) is 4.24. The van der Waals surface area contributed by atoms with Crippen LogP contribution in [0.5, 0.6) is 0 Å². The number of nitrogens with one attached hydrogen (secondary N) is 1. The zero-order valence-electron chi connectivity index (χ0n) is 11.8. The van der Waals surface area contributed by atoms with Crippen LogP contribution in [0.1, 0.15) is 12.5 Å². The molecule has 1 heterocycles. The fourth-order valence-corrected chi connectivity index (χ4v) is 2.19. The zero-order valence-corrected chi connectivity index (χ0v) is 11.8. The van der Waals surface area contributed by atoms with Crippen LogP contribution >= 0.6 is 0 Å². The van der Waals surface area contributed by atoms with E-state index in [9.17, 15) is 14.9 Å². The van der Waals surface area contributed by atoms with Crippen molar-refractivity contribution in [2.24, 2.45) is 0 Å². The minimum atomic E-state index is -0.769. The molecule has 1 aliphatic heterocycles. The molecule has 0 aromatic heterocycles. The van der Waals surface area contributed by atoms with Crippen LogP contribution in [0.25, 0.3) is 0 Å². The average Bonchev–Trinajstić information content (AvgIpc) is 2.42. The summed E-state index contributed by atoms with van der Waals surface area (Å²) in [5.74, 6) is -0.437. The van der Waals surface area contributed by atoms with E-state index in [-0.39, 0.29) is 26.4 Å². The Balaban J connectivity index is 1.83. The normalized spacial score (nSPS) is 17.6. The molecule has 0 saturated carbocycles. The van der Waals surface area contributed by atoms with Crippen molar-refractivity contribution in [3.8, 4) is 0 Å². The lowest BCUT2D eigenvalue weighted by atomic mass is 9.96. The van der Waals surface area contributed by atoms with Crippen molar-refractivity contribution < 1.29 is 19.2 Å². The molecule has 0 unspecified atom stereocenters. The molecule has 1 fully saturated rings. The molecule has 0 amide bonds. The lowest BCUT2D eigenvalue weighted by molar-refractivity contribution is -0.498. The van der Waals surface area contributed by atoms with Crippen LogP contribution < -0.4 is 5.32 Å². The van der Waals surface area contributed by atoms with Crippen molar-refractivity contribution in [2.45, 2.75) is 25.1 Å². The smallest absolute Gasteiger partial charge is 0.323 e. The van der Waals surface area contributed by atoms with Gasteiger partial charge in [0.1, 0.15) is 18.2 Å². The second kappa shape index (κ2) is 6.64. The first kappa shape index (κ1) is 15.4. The molecule has 114 valence electrons. The summed E-state index contributed by atoms with van der Waals surface area (Å²) in [6, 6.07) is 8.70. The largest absolute Gasteiger partial charge is 0.460 e. The number of carbonyl (C=O) groups is 1. The molecule has 2 rings (SSSR count). The summed E-state index contributed by atoms with van der Waals surface area (Å²) in [6.45, 7) is 2.00. The molecule has 7 nitrogen and oxygen atoms in total. The lowest BCUT2D eigenvalue weighted by Crippen LogP contribution is -2.67. The predicted molar refractivity (Wildman–Crippen MR) is 74.2 cm³/mol. The van der Waals surface area contributed by atoms with E-state index in [1.807, 2.05) is 30.3 Å². The monoisotopic (exact) mass is 294 g/mol. The molecule has 1 aromatic carbocycles. The molecule has 1 N–H and O–H groups in total. The highest BCUT2D eigenvalue weighted by molar-refractivity contribution is 5.75. The summed E-state index contributed by atoms with van der Waals surface area (Å²) in [6.07, 6.45) is 0. The lowest BCUT2D eigenvalue weighted by Gasteiger charge is -2.40. The van der Waals surface area contributed by atoms with Gasteiger partial charge in [-0.2, -0.15) is 0 Å². The number of rotatable bonds is 7. The van der Waals surface area contributed by atoms with Crippen molar-refractivity contribution in [1.82, 2.24) is 5.32 Å². The van der Waals surface area contributed by atoms with Crippen molar-refractivity contribution in [3.05, 3.63) is 46.0 Å². The summed E-state index contributed by atoms with van der Waals surface area (Å²) in [5.41, 5.74) is 0.124. The van der Waals surface area contributed by atoms with Gasteiger partial charge < -0.3 is 9.47 Å². The first-order valence-electron chi connectivity index (χ1n) is 6.69. The van der Waals surface area contributed by atoms with Gasteiger partial charge in [0.05, 0.1) is 13.2 Å². The van der Waals surface area contributed by atoms with Crippen LogP contribution in [0.15, 0.2) is 30.3 Å². The minimum Gasteiger partial charge on any atom is -0.460 e. The van der Waals surface area contributed by atoms with Gasteiger partial charge in [0.25, 0.3) is 0 Å². The van der Waals surface area contributed by atoms with Crippen LogP contribution in [0.4, 0.5) is 0 Å². The maximum atomic E-state index is 11.9. The van der Waals surface area contributed by atoms with E-state index in [4.69, 9.17) is 9.47 Å². The summed E-state index contributed by atoms with van der Waals surface area (Å²) >= 11 is 0. The van der Waals surface area contributed by atoms with Crippen molar-refractivity contribution in [2.75, 3.05) is 19.8 Å². The molecular formula is C14H18N2O5. The fraction of sp³-hybridized carbons (Fsp3) is 0.500. The number of nitro groups is 1. The van der Waals surface area contributed by atoms with E-state index >= 15 is 0 Å². The van der Waals surface area contributed by atoms with Crippen LogP contribution in [-0.2, 0) is 20.9 Å². The van der Waals surface area contributed by atoms with Crippen LogP contribution in [0.3, 0.4) is 0 Å². The van der Waals surface area contributed by atoms with Gasteiger partial charge in [-0.05, 0) is 12.5 Å². The Morgan fingerprint density at radius 1 is 1.48 bits per heavy atom. The molecule has 0 spiro atoms. The Hall–Kier alpha value is -1.99. The van der Waals surface area contributed by atoms with Crippen LogP contribution in [-0.4, -0.2) is 42.2 Å². The number of ether oxygens (including phenoxy) is 2. The third-order valence-electron chi connectivity index (χ3n) is 3.29. The first-order chi connectivity index (χ1) is 10.0. The summed E-state index contributed by atoms with van der Waals surface area (Å²) in [7, 11) is 0. The highest BCUT2D eigenvalue weighted by Crippen LogP contribution is 2.18. The minimum absolute atomic E-state index is 0.185. The number of benzene rings is 1. The topological polar surface area (TPSA) is 90.7 Å². The van der Waals surface area contributed by atoms with Gasteiger partial charge in [0.15, 0.2) is 0 Å². The molecule has 1 aromatic rings. The Kier molecular flexibility index (Phi) is 4.87. The Morgan fingerprint density at radius 2 is 2.14 bits per heavy atom. The summed E-state index contributed by atoms with van der Waals surface area (Å²) < 4.78 is 10.2. The van der Waals surface area contributed by atoms with E-state index in [0.717, 1.165) is 5.56 Å². The van der Waals surface area contributed by atoms with Gasteiger partial charge in [-0.25, -0.2) is 0 Å². The zero-order chi connectivity index (χ0) is 15.3. The fourth-order valence-electron chi connectivity index (χ4n) is 2.19. The maximum absolute atomic E-state index is 11.9. The van der Waals surface area contributed by atoms with E-state index in [1.165, 1.54) is 0 Å². The molecule has 0 bridgehead atoms. The molecule has 1 aliphatic rings. The molecular weight excluding hydrogens is 276 g/mol. The molecule has 7 heteroatoms. The number of carbonyl (C=O) groups excluding carboxylic acids is 1.